The van der Waals surface area contributed by atoms with Gasteiger partial charge in [0.15, 0.2) is 5.69 Å². The lowest BCUT2D eigenvalue weighted by Crippen LogP contribution is -2.35. The van der Waals surface area contributed by atoms with Crippen molar-refractivity contribution in [2.24, 2.45) is 0 Å². The second-order valence-electron chi connectivity index (χ2n) is 5.65. The molecular formula is C15H14B3N3O4. The summed E-state index contributed by atoms with van der Waals surface area (Å²) < 4.78 is 0. The van der Waals surface area contributed by atoms with E-state index >= 15 is 0 Å². The number of amides is 1. The molecule has 0 atom stereocenters. The molecule has 2 aromatic rings. The molecule has 122 valence electrons. The SMILES string of the molecule is Bc1cc(C#N)c(B)c(-c2cnc(C(=O)NCC(=O)O)c(O)c2)c1B. The molecule has 0 aliphatic carbocycles. The number of hydrogen-bond acceptors (Lipinski definition) is 5. The maximum Gasteiger partial charge on any atom is 0.322 e. The van der Waals surface area contributed by atoms with Gasteiger partial charge in [-0.3, -0.25) is 9.59 Å². The van der Waals surface area contributed by atoms with Crippen LogP contribution in [-0.2, 0) is 4.79 Å². The molecule has 0 unspecified atom stereocenters. The lowest BCUT2D eigenvalue weighted by molar-refractivity contribution is -0.135. The van der Waals surface area contributed by atoms with Crippen LogP contribution in [-0.4, -0.2) is 57.2 Å². The van der Waals surface area contributed by atoms with E-state index in [1.165, 1.54) is 12.3 Å². The highest BCUT2D eigenvalue weighted by Gasteiger charge is 2.17. The maximum absolute atomic E-state index is 11.9. The van der Waals surface area contributed by atoms with E-state index in [1.54, 1.807) is 6.07 Å². The molecule has 1 aromatic carbocycles. The van der Waals surface area contributed by atoms with Crippen LogP contribution in [0, 0.1) is 11.3 Å². The van der Waals surface area contributed by atoms with Gasteiger partial charge in [0, 0.05) is 17.3 Å². The number of pyridine rings is 1. The summed E-state index contributed by atoms with van der Waals surface area (Å²) in [5, 5.41) is 30.1. The largest absolute Gasteiger partial charge is 0.505 e. The van der Waals surface area contributed by atoms with Crippen molar-refractivity contribution < 1.29 is 19.8 Å². The fourth-order valence-electron chi connectivity index (χ4n) is 2.60. The molecule has 2 rings (SSSR count). The van der Waals surface area contributed by atoms with Crippen molar-refractivity contribution in [3.05, 3.63) is 29.6 Å². The Morgan fingerprint density at radius 1 is 1.24 bits per heavy atom. The Labute approximate surface area is 146 Å². The number of hydrogen-bond donors (Lipinski definition) is 3. The number of carbonyl (C=O) groups is 2. The lowest BCUT2D eigenvalue weighted by Gasteiger charge is -2.16. The van der Waals surface area contributed by atoms with E-state index < -0.39 is 18.4 Å². The minimum Gasteiger partial charge on any atom is -0.505 e. The number of carboxylic acids is 1. The number of carbonyl (C=O) groups excluding carboxylic acids is 1. The van der Waals surface area contributed by atoms with Gasteiger partial charge in [-0.2, -0.15) is 5.26 Å². The van der Waals surface area contributed by atoms with Crippen LogP contribution in [0.15, 0.2) is 18.3 Å². The lowest BCUT2D eigenvalue weighted by atomic mass is 9.69. The van der Waals surface area contributed by atoms with Crippen LogP contribution in [0.25, 0.3) is 11.1 Å². The summed E-state index contributed by atoms with van der Waals surface area (Å²) in [5.41, 5.74) is 4.25. The third-order valence-electron chi connectivity index (χ3n) is 4.00. The fourth-order valence-corrected chi connectivity index (χ4v) is 2.60. The molecule has 0 spiro atoms. The van der Waals surface area contributed by atoms with Crippen molar-refractivity contribution in [3.63, 3.8) is 0 Å². The average Bonchev–Trinajstić information content (AvgIpc) is 2.56. The molecule has 1 heterocycles. The van der Waals surface area contributed by atoms with Gasteiger partial charge in [-0.15, -0.1) is 0 Å². The minimum atomic E-state index is -1.19. The highest BCUT2D eigenvalue weighted by molar-refractivity contribution is 6.54. The predicted octanol–water partition coefficient (Wildman–Crippen LogP) is -4.08. The second kappa shape index (κ2) is 7.13. The number of aromatic nitrogens is 1. The standard InChI is InChI=1S/C15H14B3N3O4/c16-8-1-6(3-19)12(17)11(13(8)18)7-2-9(22)14(20-4-7)15(25)21-5-10(23)24/h1-2,4,22H,5,16-18H2,(H,21,25)(H,23,24). The van der Waals surface area contributed by atoms with Crippen molar-refractivity contribution >= 4 is 51.8 Å². The first-order chi connectivity index (χ1) is 11.8. The van der Waals surface area contributed by atoms with E-state index in [4.69, 9.17) is 5.11 Å². The van der Waals surface area contributed by atoms with E-state index in [0.717, 1.165) is 22.0 Å². The molecule has 3 N–H and O–H groups in total. The van der Waals surface area contributed by atoms with Gasteiger partial charge in [-0.25, -0.2) is 4.98 Å². The Bertz CT molecular complexity index is 925. The molecule has 0 radical (unpaired) electrons. The number of nitrogens with zero attached hydrogens (tertiary/aromatic N) is 2. The van der Waals surface area contributed by atoms with Gasteiger partial charge in [-0.1, -0.05) is 22.5 Å². The summed E-state index contributed by atoms with van der Waals surface area (Å²) in [6, 6.07) is 5.33. The zero-order valence-corrected chi connectivity index (χ0v) is 14.0. The quantitative estimate of drug-likeness (QED) is 0.489. The topological polar surface area (TPSA) is 123 Å². The zero-order chi connectivity index (χ0) is 18.7. The van der Waals surface area contributed by atoms with Gasteiger partial charge >= 0.3 is 5.97 Å². The number of aliphatic carboxylic acids is 1. The summed E-state index contributed by atoms with van der Waals surface area (Å²) in [7, 11) is 5.61. The molecule has 0 saturated heterocycles. The molecule has 0 fully saturated rings. The molecule has 0 saturated carbocycles. The third kappa shape index (κ3) is 3.66. The highest BCUT2D eigenvalue weighted by atomic mass is 16.4. The van der Waals surface area contributed by atoms with Crippen LogP contribution >= 0.6 is 0 Å². The highest BCUT2D eigenvalue weighted by Crippen LogP contribution is 2.22. The van der Waals surface area contributed by atoms with Gasteiger partial charge in [0.05, 0.1) is 6.07 Å². The monoisotopic (exact) mass is 333 g/mol. The van der Waals surface area contributed by atoms with Crippen LogP contribution in [0.2, 0.25) is 0 Å². The maximum atomic E-state index is 11.9. The van der Waals surface area contributed by atoms with Crippen molar-refractivity contribution in [1.82, 2.24) is 10.3 Å². The van der Waals surface area contributed by atoms with E-state index in [1.807, 2.05) is 23.5 Å². The molecule has 0 bridgehead atoms. The van der Waals surface area contributed by atoms with Crippen molar-refractivity contribution in [2.45, 2.75) is 0 Å². The van der Waals surface area contributed by atoms with Gasteiger partial charge in [-0.05, 0) is 11.6 Å². The first-order valence-electron chi connectivity index (χ1n) is 7.46. The Hall–Kier alpha value is -3.21. The van der Waals surface area contributed by atoms with Gasteiger partial charge in [0.2, 0.25) is 0 Å². The molecular weight excluding hydrogens is 319 g/mol. The van der Waals surface area contributed by atoms with Crippen LogP contribution in [0.5, 0.6) is 5.75 Å². The zero-order valence-electron chi connectivity index (χ0n) is 14.0. The number of rotatable bonds is 4. The third-order valence-corrected chi connectivity index (χ3v) is 4.00. The van der Waals surface area contributed by atoms with Crippen LogP contribution in [0.3, 0.4) is 0 Å². The van der Waals surface area contributed by atoms with Crippen molar-refractivity contribution in [2.75, 3.05) is 6.54 Å². The van der Waals surface area contributed by atoms with Gasteiger partial charge in [0.25, 0.3) is 5.91 Å². The van der Waals surface area contributed by atoms with E-state index in [9.17, 15) is 20.0 Å². The Kier molecular flexibility index (Phi) is 5.18. The molecule has 25 heavy (non-hydrogen) atoms. The number of nitriles is 1. The molecule has 0 aliphatic heterocycles. The average molecular weight is 333 g/mol. The Balaban J connectivity index is 2.49. The number of nitrogens with one attached hydrogen (secondary N) is 1. The molecule has 10 heteroatoms. The van der Waals surface area contributed by atoms with Crippen LogP contribution < -0.4 is 21.7 Å². The number of carboxylic acid groups (broad SMARTS) is 1. The number of benzene rings is 1. The Morgan fingerprint density at radius 2 is 1.92 bits per heavy atom. The van der Waals surface area contributed by atoms with E-state index in [0.29, 0.717) is 11.1 Å². The molecule has 7 nitrogen and oxygen atoms in total. The first-order valence-corrected chi connectivity index (χ1v) is 7.46. The fraction of sp³-hybridized carbons (Fsp3) is 0.0667. The van der Waals surface area contributed by atoms with Crippen LogP contribution in [0.4, 0.5) is 0 Å². The number of aromatic hydroxyl groups is 1. The Morgan fingerprint density at radius 3 is 2.48 bits per heavy atom. The molecule has 1 amide bonds. The van der Waals surface area contributed by atoms with Gasteiger partial charge in [0.1, 0.15) is 35.8 Å². The first kappa shape index (κ1) is 18.1. The van der Waals surface area contributed by atoms with E-state index in [2.05, 4.69) is 16.4 Å². The van der Waals surface area contributed by atoms with Gasteiger partial charge < -0.3 is 15.5 Å². The molecule has 1 aromatic heterocycles. The molecule has 0 aliphatic rings. The predicted molar refractivity (Wildman–Crippen MR) is 101 cm³/mol. The summed E-state index contributed by atoms with van der Waals surface area (Å²) in [5.74, 6) is -2.33. The summed E-state index contributed by atoms with van der Waals surface area (Å²) in [4.78, 5) is 26.3. The second-order valence-corrected chi connectivity index (χ2v) is 5.65. The summed E-state index contributed by atoms with van der Waals surface area (Å²) in [6.45, 7) is -0.566. The minimum absolute atomic E-state index is 0.256. The summed E-state index contributed by atoms with van der Waals surface area (Å²) >= 11 is 0. The van der Waals surface area contributed by atoms with E-state index in [-0.39, 0.29) is 11.4 Å². The summed E-state index contributed by atoms with van der Waals surface area (Å²) in [6.07, 6.45) is 1.42. The van der Waals surface area contributed by atoms with Crippen molar-refractivity contribution in [3.8, 4) is 22.9 Å². The van der Waals surface area contributed by atoms with Crippen LogP contribution in [0.1, 0.15) is 16.1 Å². The normalized spacial score (nSPS) is 10.0. The smallest absolute Gasteiger partial charge is 0.322 e. The van der Waals surface area contributed by atoms with Crippen molar-refractivity contribution in [1.29, 1.82) is 5.26 Å².